The molecule has 4 nitrogen and oxygen atoms in total. The van der Waals surface area contributed by atoms with Crippen LogP contribution in [0.3, 0.4) is 0 Å². The fourth-order valence-corrected chi connectivity index (χ4v) is 2.20. The van der Waals surface area contributed by atoms with E-state index in [1.54, 1.807) is 42.5 Å². The average molecular weight is 270 g/mol. The maximum Gasteiger partial charge on any atom is 0.231 e. The van der Waals surface area contributed by atoms with Crippen LogP contribution in [0.15, 0.2) is 42.5 Å². The zero-order valence-electron chi connectivity index (χ0n) is 11.0. The number of ether oxygens (including phenoxy) is 2. The summed E-state index contributed by atoms with van der Waals surface area (Å²) in [7, 11) is 0. The van der Waals surface area contributed by atoms with Gasteiger partial charge in [0.15, 0.2) is 17.3 Å². The van der Waals surface area contributed by atoms with Gasteiger partial charge >= 0.3 is 0 Å². The van der Waals surface area contributed by atoms with Gasteiger partial charge in [0.2, 0.25) is 6.79 Å². The van der Waals surface area contributed by atoms with Crippen LogP contribution >= 0.6 is 0 Å². The lowest BCUT2D eigenvalue weighted by Crippen LogP contribution is -2.02. The molecular formula is C16H14O4. The first kappa shape index (κ1) is 12.7. The Hall–Kier alpha value is -2.33. The Morgan fingerprint density at radius 1 is 1.10 bits per heavy atom. The van der Waals surface area contributed by atoms with Crippen LogP contribution in [-0.2, 0) is 0 Å². The van der Waals surface area contributed by atoms with E-state index in [0.29, 0.717) is 28.2 Å². The molecule has 20 heavy (non-hydrogen) atoms. The van der Waals surface area contributed by atoms with E-state index in [4.69, 9.17) is 9.47 Å². The molecule has 0 saturated carbocycles. The van der Waals surface area contributed by atoms with Crippen LogP contribution in [0.25, 0.3) is 0 Å². The Labute approximate surface area is 116 Å². The van der Waals surface area contributed by atoms with Crippen LogP contribution in [0, 0.1) is 0 Å². The van der Waals surface area contributed by atoms with Crippen LogP contribution in [0.1, 0.15) is 34.5 Å². The molecule has 2 aromatic carbocycles. The molecule has 0 spiro atoms. The number of benzene rings is 2. The molecule has 1 unspecified atom stereocenters. The van der Waals surface area contributed by atoms with Crippen molar-refractivity contribution in [1.82, 2.24) is 0 Å². The highest BCUT2D eigenvalue weighted by Gasteiger charge is 2.18. The Morgan fingerprint density at radius 2 is 1.85 bits per heavy atom. The van der Waals surface area contributed by atoms with Crippen molar-refractivity contribution in [2.24, 2.45) is 0 Å². The standard InChI is InChI=1S/C16H14O4/c1-10(17)11-3-2-4-12(7-11)16(18)13-5-6-14-15(8-13)20-9-19-14/h2-8,16,18H,9H2,1H3. The summed E-state index contributed by atoms with van der Waals surface area (Å²) in [6, 6.07) is 12.3. The van der Waals surface area contributed by atoms with E-state index < -0.39 is 6.10 Å². The van der Waals surface area contributed by atoms with Crippen molar-refractivity contribution in [2.45, 2.75) is 13.0 Å². The number of hydrogen-bond donors (Lipinski definition) is 1. The van der Waals surface area contributed by atoms with Crippen LogP contribution < -0.4 is 9.47 Å². The highest BCUT2D eigenvalue weighted by atomic mass is 16.7. The molecule has 1 N–H and O–H groups in total. The Bertz CT molecular complexity index is 663. The maximum absolute atomic E-state index is 11.4. The molecule has 4 heteroatoms. The number of hydrogen-bond acceptors (Lipinski definition) is 4. The Morgan fingerprint density at radius 3 is 2.65 bits per heavy atom. The second-order valence-corrected chi connectivity index (χ2v) is 4.70. The number of ketones is 1. The third-order valence-electron chi connectivity index (χ3n) is 3.32. The van der Waals surface area contributed by atoms with Crippen LogP contribution in [0.2, 0.25) is 0 Å². The molecule has 1 heterocycles. The summed E-state index contributed by atoms with van der Waals surface area (Å²) in [4.78, 5) is 11.4. The smallest absolute Gasteiger partial charge is 0.231 e. The Kier molecular flexibility index (Phi) is 3.16. The normalized spacial score (nSPS) is 14.1. The van der Waals surface area contributed by atoms with Gasteiger partial charge < -0.3 is 14.6 Å². The van der Waals surface area contributed by atoms with Crippen molar-refractivity contribution in [3.05, 3.63) is 59.2 Å². The zero-order chi connectivity index (χ0) is 14.1. The molecule has 3 rings (SSSR count). The summed E-state index contributed by atoms with van der Waals surface area (Å²) in [6.45, 7) is 1.71. The number of fused-ring (bicyclic) bond motifs is 1. The maximum atomic E-state index is 11.4. The van der Waals surface area contributed by atoms with Crippen molar-refractivity contribution < 1.29 is 19.4 Å². The monoisotopic (exact) mass is 270 g/mol. The van der Waals surface area contributed by atoms with Crippen molar-refractivity contribution in [1.29, 1.82) is 0 Å². The molecule has 0 radical (unpaired) electrons. The third-order valence-corrected chi connectivity index (χ3v) is 3.32. The fraction of sp³-hybridized carbons (Fsp3) is 0.188. The molecule has 0 aliphatic carbocycles. The van der Waals surface area contributed by atoms with Crippen LogP contribution in [0.5, 0.6) is 11.5 Å². The average Bonchev–Trinajstić information content (AvgIpc) is 2.94. The summed E-state index contributed by atoms with van der Waals surface area (Å²) >= 11 is 0. The molecule has 0 saturated heterocycles. The largest absolute Gasteiger partial charge is 0.454 e. The minimum absolute atomic E-state index is 0.0234. The second-order valence-electron chi connectivity index (χ2n) is 4.70. The number of carbonyl (C=O) groups is 1. The Balaban J connectivity index is 1.94. The van der Waals surface area contributed by atoms with Crippen molar-refractivity contribution in [3.63, 3.8) is 0 Å². The highest BCUT2D eigenvalue weighted by Crippen LogP contribution is 2.35. The van der Waals surface area contributed by atoms with Gasteiger partial charge in [0.05, 0.1) is 0 Å². The molecule has 0 fully saturated rings. The summed E-state index contributed by atoms with van der Waals surface area (Å²) in [6.07, 6.45) is -0.802. The first-order valence-electron chi connectivity index (χ1n) is 6.33. The van der Waals surface area contributed by atoms with Gasteiger partial charge in [-0.05, 0) is 36.2 Å². The number of carbonyl (C=O) groups excluding carboxylic acids is 1. The predicted molar refractivity (Wildman–Crippen MR) is 73.1 cm³/mol. The van der Waals surface area contributed by atoms with E-state index in [2.05, 4.69) is 0 Å². The van der Waals surface area contributed by atoms with Gasteiger partial charge in [-0.15, -0.1) is 0 Å². The number of aliphatic hydroxyl groups is 1. The molecule has 102 valence electrons. The van der Waals surface area contributed by atoms with Crippen molar-refractivity contribution in [2.75, 3.05) is 6.79 Å². The number of Topliss-reactive ketones (excluding diaryl/α,β-unsaturated/α-hetero) is 1. The summed E-state index contributed by atoms with van der Waals surface area (Å²) in [5.41, 5.74) is 1.97. The van der Waals surface area contributed by atoms with E-state index in [0.717, 1.165) is 0 Å². The first-order valence-corrected chi connectivity index (χ1v) is 6.33. The lowest BCUT2D eigenvalue weighted by Gasteiger charge is -2.13. The van der Waals surface area contributed by atoms with Crippen LogP contribution in [0.4, 0.5) is 0 Å². The van der Waals surface area contributed by atoms with Gasteiger partial charge in [0.1, 0.15) is 6.10 Å². The van der Waals surface area contributed by atoms with E-state index >= 15 is 0 Å². The topological polar surface area (TPSA) is 55.8 Å². The van der Waals surface area contributed by atoms with E-state index in [1.807, 2.05) is 0 Å². The minimum Gasteiger partial charge on any atom is -0.454 e. The molecule has 0 bridgehead atoms. The van der Waals surface area contributed by atoms with Crippen molar-refractivity contribution in [3.8, 4) is 11.5 Å². The summed E-state index contributed by atoms with van der Waals surface area (Å²) in [5, 5.41) is 10.4. The summed E-state index contributed by atoms with van der Waals surface area (Å²) in [5.74, 6) is 1.28. The molecule has 0 amide bonds. The first-order chi connectivity index (χ1) is 9.65. The molecule has 1 aliphatic rings. The SMILES string of the molecule is CC(=O)c1cccc(C(O)c2ccc3c(c2)OCO3)c1. The lowest BCUT2D eigenvalue weighted by atomic mass is 9.98. The van der Waals surface area contributed by atoms with Gasteiger partial charge in [0, 0.05) is 5.56 Å². The number of aliphatic hydroxyl groups excluding tert-OH is 1. The number of rotatable bonds is 3. The lowest BCUT2D eigenvalue weighted by molar-refractivity contribution is 0.101. The molecule has 1 aliphatic heterocycles. The highest BCUT2D eigenvalue weighted by molar-refractivity contribution is 5.94. The van der Waals surface area contributed by atoms with Gasteiger partial charge in [-0.25, -0.2) is 0 Å². The van der Waals surface area contributed by atoms with Gasteiger partial charge in [-0.3, -0.25) is 4.79 Å². The minimum atomic E-state index is -0.802. The van der Waals surface area contributed by atoms with Gasteiger partial charge in [0.25, 0.3) is 0 Å². The molecule has 1 atom stereocenters. The van der Waals surface area contributed by atoms with Crippen molar-refractivity contribution >= 4 is 5.78 Å². The third kappa shape index (κ3) is 2.26. The van der Waals surface area contributed by atoms with Gasteiger partial charge in [-0.1, -0.05) is 24.3 Å². The van der Waals surface area contributed by atoms with E-state index in [1.165, 1.54) is 6.92 Å². The molecule has 2 aromatic rings. The van der Waals surface area contributed by atoms with E-state index in [-0.39, 0.29) is 12.6 Å². The molecule has 0 aromatic heterocycles. The predicted octanol–water partition coefficient (Wildman–Crippen LogP) is 2.70. The van der Waals surface area contributed by atoms with Crippen LogP contribution in [-0.4, -0.2) is 17.7 Å². The van der Waals surface area contributed by atoms with E-state index in [9.17, 15) is 9.90 Å². The summed E-state index contributed by atoms with van der Waals surface area (Å²) < 4.78 is 10.5. The molecular weight excluding hydrogens is 256 g/mol. The fourth-order valence-electron chi connectivity index (χ4n) is 2.20. The van der Waals surface area contributed by atoms with Gasteiger partial charge in [-0.2, -0.15) is 0 Å². The second kappa shape index (κ2) is 4.98. The zero-order valence-corrected chi connectivity index (χ0v) is 11.0. The quantitative estimate of drug-likeness (QED) is 0.871.